The average Bonchev–Trinajstić information content (AvgIpc) is 2.07. The van der Waals surface area contributed by atoms with Crippen LogP contribution in [0.5, 0.6) is 0 Å². The molecule has 0 amide bonds. The van der Waals surface area contributed by atoms with Crippen molar-refractivity contribution >= 4 is 5.97 Å². The largest absolute Gasteiger partial charge is 0.478 e. The van der Waals surface area contributed by atoms with Crippen molar-refractivity contribution in [1.29, 1.82) is 0 Å². The van der Waals surface area contributed by atoms with Crippen molar-refractivity contribution in [2.45, 2.75) is 20.3 Å². The van der Waals surface area contributed by atoms with Gasteiger partial charge in [-0.1, -0.05) is 17.2 Å². The van der Waals surface area contributed by atoms with Crippen molar-refractivity contribution in [1.82, 2.24) is 4.90 Å². The maximum Gasteiger partial charge on any atom is 0.328 e. The molecule has 1 heterocycles. The minimum absolute atomic E-state index is 0.760. The molecule has 1 aliphatic rings. The average molecular weight is 195 g/mol. The highest BCUT2D eigenvalue weighted by Crippen LogP contribution is 2.10. The molecule has 0 spiro atoms. The van der Waals surface area contributed by atoms with Gasteiger partial charge in [0.05, 0.1) is 0 Å². The first-order valence-electron chi connectivity index (χ1n) is 4.86. The van der Waals surface area contributed by atoms with Crippen LogP contribution >= 0.6 is 0 Å². The van der Waals surface area contributed by atoms with Gasteiger partial charge >= 0.3 is 5.97 Å². The zero-order valence-corrected chi connectivity index (χ0v) is 8.79. The molecular weight excluding hydrogens is 178 g/mol. The molecule has 3 nitrogen and oxygen atoms in total. The Labute approximate surface area is 84.7 Å². The number of hydrogen-bond acceptors (Lipinski definition) is 2. The van der Waals surface area contributed by atoms with E-state index in [0.29, 0.717) is 0 Å². The topological polar surface area (TPSA) is 40.5 Å². The molecule has 1 N–H and O–H groups in total. The fraction of sp³-hybridized carbons (Fsp3) is 0.545. The van der Waals surface area contributed by atoms with E-state index in [1.165, 1.54) is 11.6 Å². The van der Waals surface area contributed by atoms with E-state index in [2.05, 4.69) is 17.9 Å². The van der Waals surface area contributed by atoms with Crippen LogP contribution in [-0.4, -0.2) is 35.6 Å². The number of hydrogen-bond donors (Lipinski definition) is 1. The van der Waals surface area contributed by atoms with Crippen molar-refractivity contribution in [2.24, 2.45) is 0 Å². The van der Waals surface area contributed by atoms with Crippen LogP contribution in [0.3, 0.4) is 0 Å². The van der Waals surface area contributed by atoms with E-state index in [-0.39, 0.29) is 0 Å². The third-order valence-electron chi connectivity index (χ3n) is 2.36. The van der Waals surface area contributed by atoms with Gasteiger partial charge in [-0.3, -0.25) is 4.90 Å². The molecule has 0 bridgehead atoms. The summed E-state index contributed by atoms with van der Waals surface area (Å²) in [6.07, 6.45) is 4.59. The molecule has 0 atom stereocenters. The Bertz CT molecular complexity index is 279. The lowest BCUT2D eigenvalue weighted by Crippen LogP contribution is -2.30. The molecule has 1 aliphatic heterocycles. The molecule has 0 radical (unpaired) electrons. The summed E-state index contributed by atoms with van der Waals surface area (Å²) >= 11 is 0. The van der Waals surface area contributed by atoms with E-state index >= 15 is 0 Å². The Balaban J connectivity index is 2.42. The van der Waals surface area contributed by atoms with Gasteiger partial charge in [0.1, 0.15) is 0 Å². The minimum Gasteiger partial charge on any atom is -0.478 e. The summed E-state index contributed by atoms with van der Waals surface area (Å²) in [4.78, 5) is 12.6. The summed E-state index contributed by atoms with van der Waals surface area (Å²) in [6, 6.07) is 0. The van der Waals surface area contributed by atoms with Crippen LogP contribution < -0.4 is 0 Å². The summed E-state index contributed by atoms with van der Waals surface area (Å²) in [5, 5.41) is 8.55. The van der Waals surface area contributed by atoms with Crippen molar-refractivity contribution in [2.75, 3.05) is 19.6 Å². The smallest absolute Gasteiger partial charge is 0.328 e. The first-order valence-corrected chi connectivity index (χ1v) is 4.86. The van der Waals surface area contributed by atoms with Crippen molar-refractivity contribution < 1.29 is 9.90 Å². The van der Waals surface area contributed by atoms with Gasteiger partial charge < -0.3 is 5.11 Å². The minimum atomic E-state index is -0.855. The zero-order valence-electron chi connectivity index (χ0n) is 8.79. The SMILES string of the molecule is CC1=CCN(C/C(C)=C/C(=O)O)CC1. The second-order valence-corrected chi connectivity index (χ2v) is 3.86. The highest BCUT2D eigenvalue weighted by Gasteiger charge is 2.09. The number of carboxylic acids is 1. The van der Waals surface area contributed by atoms with E-state index in [9.17, 15) is 4.79 Å². The second kappa shape index (κ2) is 4.96. The van der Waals surface area contributed by atoms with Crippen LogP contribution in [0.15, 0.2) is 23.3 Å². The van der Waals surface area contributed by atoms with Gasteiger partial charge in [0, 0.05) is 25.7 Å². The van der Waals surface area contributed by atoms with Crippen LogP contribution in [0.4, 0.5) is 0 Å². The quantitative estimate of drug-likeness (QED) is 0.550. The summed E-state index contributed by atoms with van der Waals surface area (Å²) < 4.78 is 0. The third kappa shape index (κ3) is 3.75. The lowest BCUT2D eigenvalue weighted by Gasteiger charge is -2.25. The lowest BCUT2D eigenvalue weighted by molar-refractivity contribution is -0.131. The number of carboxylic acid groups (broad SMARTS) is 1. The molecule has 1 rings (SSSR count). The first-order chi connectivity index (χ1) is 6.58. The van der Waals surface area contributed by atoms with Gasteiger partial charge in [0.25, 0.3) is 0 Å². The normalized spacial score (nSPS) is 19.3. The van der Waals surface area contributed by atoms with Crippen molar-refractivity contribution in [3.8, 4) is 0 Å². The maximum absolute atomic E-state index is 10.4. The Morgan fingerprint density at radius 1 is 1.71 bits per heavy atom. The zero-order chi connectivity index (χ0) is 10.6. The second-order valence-electron chi connectivity index (χ2n) is 3.86. The first kappa shape index (κ1) is 11.0. The standard InChI is InChI=1S/C11H17NO2/c1-9-3-5-12(6-4-9)8-10(2)7-11(13)14/h3,7H,4-6,8H2,1-2H3,(H,13,14)/b10-7+. The van der Waals surface area contributed by atoms with Crippen LogP contribution in [0, 0.1) is 0 Å². The van der Waals surface area contributed by atoms with Gasteiger partial charge in [-0.25, -0.2) is 4.79 Å². The van der Waals surface area contributed by atoms with Crippen molar-refractivity contribution in [3.05, 3.63) is 23.3 Å². The van der Waals surface area contributed by atoms with E-state index in [1.807, 2.05) is 6.92 Å². The molecule has 0 saturated carbocycles. The summed E-state index contributed by atoms with van der Waals surface area (Å²) in [5.41, 5.74) is 2.34. The predicted molar refractivity (Wildman–Crippen MR) is 56.2 cm³/mol. The van der Waals surface area contributed by atoms with Crippen LogP contribution in [-0.2, 0) is 4.79 Å². The van der Waals surface area contributed by atoms with Crippen LogP contribution in [0.25, 0.3) is 0 Å². The molecule has 0 unspecified atom stereocenters. The molecule has 0 aromatic carbocycles. The number of rotatable bonds is 3. The molecule has 14 heavy (non-hydrogen) atoms. The molecule has 0 saturated heterocycles. The molecule has 0 aliphatic carbocycles. The molecule has 0 fully saturated rings. The Kier molecular flexibility index (Phi) is 3.89. The summed E-state index contributed by atoms with van der Waals surface area (Å²) in [7, 11) is 0. The predicted octanol–water partition coefficient (Wildman–Crippen LogP) is 1.67. The summed E-state index contributed by atoms with van der Waals surface area (Å²) in [5.74, 6) is -0.855. The van der Waals surface area contributed by atoms with Gasteiger partial charge in [-0.05, 0) is 20.3 Å². The number of carbonyl (C=O) groups is 1. The van der Waals surface area contributed by atoms with Gasteiger partial charge in [-0.15, -0.1) is 0 Å². The van der Waals surface area contributed by atoms with E-state index in [4.69, 9.17) is 5.11 Å². The third-order valence-corrected chi connectivity index (χ3v) is 2.36. The fourth-order valence-electron chi connectivity index (χ4n) is 1.57. The monoisotopic (exact) mass is 195 g/mol. The Morgan fingerprint density at radius 2 is 2.43 bits per heavy atom. The Hall–Kier alpha value is -1.09. The number of nitrogens with zero attached hydrogens (tertiary/aromatic N) is 1. The summed E-state index contributed by atoms with van der Waals surface area (Å²) in [6.45, 7) is 6.73. The Morgan fingerprint density at radius 3 is 2.93 bits per heavy atom. The maximum atomic E-state index is 10.4. The molecule has 0 aromatic heterocycles. The van der Waals surface area contributed by atoms with Crippen molar-refractivity contribution in [3.63, 3.8) is 0 Å². The van der Waals surface area contributed by atoms with E-state index in [1.54, 1.807) is 0 Å². The highest BCUT2D eigenvalue weighted by atomic mass is 16.4. The van der Waals surface area contributed by atoms with E-state index in [0.717, 1.165) is 31.6 Å². The van der Waals surface area contributed by atoms with Gasteiger partial charge in [0.15, 0.2) is 0 Å². The van der Waals surface area contributed by atoms with Gasteiger partial charge in [-0.2, -0.15) is 0 Å². The van der Waals surface area contributed by atoms with Crippen LogP contribution in [0.2, 0.25) is 0 Å². The highest BCUT2D eigenvalue weighted by molar-refractivity contribution is 5.80. The lowest BCUT2D eigenvalue weighted by atomic mass is 10.1. The molecule has 0 aromatic rings. The van der Waals surface area contributed by atoms with E-state index < -0.39 is 5.97 Å². The van der Waals surface area contributed by atoms with Crippen LogP contribution in [0.1, 0.15) is 20.3 Å². The number of aliphatic carboxylic acids is 1. The van der Waals surface area contributed by atoms with Gasteiger partial charge in [0.2, 0.25) is 0 Å². The fourth-order valence-corrected chi connectivity index (χ4v) is 1.57. The molecule has 3 heteroatoms. The molecule has 78 valence electrons. The molecular formula is C11H17NO2.